The van der Waals surface area contributed by atoms with E-state index in [1.807, 2.05) is 6.07 Å². The minimum atomic E-state index is 0.0474. The summed E-state index contributed by atoms with van der Waals surface area (Å²) in [6, 6.07) is 10.6. The topological polar surface area (TPSA) is 0 Å². The first-order chi connectivity index (χ1) is 8.65. The van der Waals surface area contributed by atoms with Crippen LogP contribution in [-0.2, 0) is 12.8 Å². The quantitative estimate of drug-likeness (QED) is 0.587. The Morgan fingerprint density at radius 1 is 1.22 bits per heavy atom. The maximum Gasteiger partial charge on any atom is 0.0887 e. The Kier molecular flexibility index (Phi) is 3.72. The van der Waals surface area contributed by atoms with Crippen LogP contribution in [0.15, 0.2) is 34.1 Å². The molecule has 1 aromatic heterocycles. The largest absolute Gasteiger partial charge is 0.130 e. The van der Waals surface area contributed by atoms with Crippen LogP contribution in [0.3, 0.4) is 0 Å². The smallest absolute Gasteiger partial charge is 0.0887 e. The highest BCUT2D eigenvalue weighted by molar-refractivity contribution is 9.11. The molecule has 2 aromatic rings. The second-order valence-corrected chi connectivity index (χ2v) is 7.89. The van der Waals surface area contributed by atoms with Crippen molar-refractivity contribution in [2.24, 2.45) is 5.92 Å². The first-order valence-corrected chi connectivity index (χ1v) is 8.23. The van der Waals surface area contributed by atoms with E-state index in [1.165, 1.54) is 11.1 Å². The van der Waals surface area contributed by atoms with E-state index in [2.05, 4.69) is 40.2 Å². The van der Waals surface area contributed by atoms with Gasteiger partial charge in [-0.2, -0.15) is 0 Å². The molecule has 0 nitrogen and oxygen atoms in total. The fourth-order valence-electron chi connectivity index (χ4n) is 2.53. The number of rotatable bonds is 2. The molecule has 1 heterocycles. The Hall–Kier alpha value is -0.0200. The Labute approximate surface area is 129 Å². The van der Waals surface area contributed by atoms with Crippen molar-refractivity contribution in [3.63, 3.8) is 0 Å². The van der Waals surface area contributed by atoms with Gasteiger partial charge in [0.2, 0.25) is 0 Å². The third-order valence-electron chi connectivity index (χ3n) is 3.43. The van der Waals surface area contributed by atoms with Gasteiger partial charge < -0.3 is 0 Å². The molecule has 1 aliphatic rings. The van der Waals surface area contributed by atoms with Crippen LogP contribution in [0.1, 0.15) is 21.4 Å². The monoisotopic (exact) mass is 360 g/mol. The molecule has 0 saturated carbocycles. The van der Waals surface area contributed by atoms with E-state index < -0.39 is 0 Å². The SMILES string of the molecule is Clc1cc(C(Cl)C2Cc3ccccc3C2)sc1Br. The van der Waals surface area contributed by atoms with Gasteiger partial charge in [0.1, 0.15) is 0 Å². The summed E-state index contributed by atoms with van der Waals surface area (Å²) in [6.07, 6.45) is 2.13. The summed E-state index contributed by atoms with van der Waals surface area (Å²) in [4.78, 5) is 1.16. The molecule has 0 radical (unpaired) electrons. The van der Waals surface area contributed by atoms with Gasteiger partial charge in [0, 0.05) is 4.88 Å². The maximum atomic E-state index is 6.62. The van der Waals surface area contributed by atoms with Gasteiger partial charge in [-0.25, -0.2) is 0 Å². The molecule has 0 amide bonds. The van der Waals surface area contributed by atoms with Crippen molar-refractivity contribution in [2.45, 2.75) is 18.2 Å². The molecule has 0 bridgehead atoms. The van der Waals surface area contributed by atoms with Crippen LogP contribution < -0.4 is 0 Å². The predicted molar refractivity (Wildman–Crippen MR) is 83.0 cm³/mol. The van der Waals surface area contributed by atoms with Gasteiger partial charge in [-0.15, -0.1) is 22.9 Å². The summed E-state index contributed by atoms with van der Waals surface area (Å²) in [6.45, 7) is 0. The van der Waals surface area contributed by atoms with Crippen molar-refractivity contribution in [1.82, 2.24) is 0 Å². The Balaban J connectivity index is 1.82. The van der Waals surface area contributed by atoms with Crippen molar-refractivity contribution < 1.29 is 0 Å². The highest BCUT2D eigenvalue weighted by atomic mass is 79.9. The third-order valence-corrected chi connectivity index (χ3v) is 6.71. The van der Waals surface area contributed by atoms with E-state index in [4.69, 9.17) is 23.2 Å². The fraction of sp³-hybridized carbons (Fsp3) is 0.286. The van der Waals surface area contributed by atoms with Gasteiger partial charge in [-0.3, -0.25) is 0 Å². The van der Waals surface area contributed by atoms with Gasteiger partial charge in [0.25, 0.3) is 0 Å². The van der Waals surface area contributed by atoms with Gasteiger partial charge >= 0.3 is 0 Å². The minimum Gasteiger partial charge on any atom is -0.130 e. The van der Waals surface area contributed by atoms with Gasteiger partial charge in [-0.1, -0.05) is 35.9 Å². The van der Waals surface area contributed by atoms with Crippen LogP contribution in [-0.4, -0.2) is 0 Å². The molecule has 0 fully saturated rings. The number of thiophene rings is 1. The summed E-state index contributed by atoms with van der Waals surface area (Å²) in [5.41, 5.74) is 2.88. The van der Waals surface area contributed by atoms with E-state index in [0.29, 0.717) is 5.92 Å². The molecule has 0 saturated heterocycles. The summed E-state index contributed by atoms with van der Waals surface area (Å²) in [7, 11) is 0. The molecule has 1 unspecified atom stereocenters. The van der Waals surface area contributed by atoms with E-state index in [0.717, 1.165) is 26.5 Å². The molecule has 1 aliphatic carbocycles. The van der Waals surface area contributed by atoms with Gasteiger partial charge in [0.15, 0.2) is 0 Å². The standard InChI is InChI=1S/C14H11BrCl2S/c15-14-11(16)7-12(18-14)13(17)10-5-8-3-1-2-4-9(8)6-10/h1-4,7,10,13H,5-6H2. The molecule has 4 heteroatoms. The minimum absolute atomic E-state index is 0.0474. The number of hydrogen-bond acceptors (Lipinski definition) is 1. The van der Waals surface area contributed by atoms with E-state index in [1.54, 1.807) is 11.3 Å². The molecule has 1 aromatic carbocycles. The molecular weight excluding hydrogens is 351 g/mol. The lowest BCUT2D eigenvalue weighted by Gasteiger charge is -2.14. The lowest BCUT2D eigenvalue weighted by molar-refractivity contribution is 0.546. The molecule has 18 heavy (non-hydrogen) atoms. The molecule has 0 aliphatic heterocycles. The van der Waals surface area contributed by atoms with Crippen LogP contribution >= 0.6 is 50.5 Å². The average Bonchev–Trinajstić information content (AvgIpc) is 2.93. The first kappa shape index (κ1) is 13.0. The number of hydrogen-bond donors (Lipinski definition) is 0. The zero-order valence-electron chi connectivity index (χ0n) is 9.50. The lowest BCUT2D eigenvalue weighted by Crippen LogP contribution is -2.06. The summed E-state index contributed by atoms with van der Waals surface area (Å²) in [5.74, 6) is 0.477. The number of alkyl halides is 1. The summed E-state index contributed by atoms with van der Waals surface area (Å²) < 4.78 is 0.973. The molecule has 94 valence electrons. The zero-order chi connectivity index (χ0) is 12.7. The second-order valence-electron chi connectivity index (χ2n) is 4.61. The van der Waals surface area contributed by atoms with Crippen LogP contribution in [0.5, 0.6) is 0 Å². The number of benzene rings is 1. The predicted octanol–water partition coefficient (Wildman–Crippen LogP) is 5.86. The first-order valence-electron chi connectivity index (χ1n) is 5.80. The Morgan fingerprint density at radius 2 is 1.83 bits per heavy atom. The summed E-state index contributed by atoms with van der Waals surface area (Å²) >= 11 is 17.8. The van der Waals surface area contributed by atoms with E-state index in [9.17, 15) is 0 Å². The van der Waals surface area contributed by atoms with Gasteiger partial charge in [0.05, 0.1) is 14.2 Å². The average molecular weight is 362 g/mol. The number of fused-ring (bicyclic) bond motifs is 1. The van der Waals surface area contributed by atoms with Crippen LogP contribution in [0.25, 0.3) is 0 Å². The Bertz CT molecular complexity index is 534. The van der Waals surface area contributed by atoms with Crippen molar-refractivity contribution >= 4 is 50.5 Å². The molecular formula is C14H11BrCl2S. The molecule has 1 atom stereocenters. The maximum absolute atomic E-state index is 6.62. The Morgan fingerprint density at radius 3 is 2.33 bits per heavy atom. The highest BCUT2D eigenvalue weighted by Crippen LogP contribution is 2.44. The molecule has 3 rings (SSSR count). The third kappa shape index (κ3) is 2.36. The van der Waals surface area contributed by atoms with E-state index >= 15 is 0 Å². The second kappa shape index (κ2) is 5.16. The van der Waals surface area contributed by atoms with Crippen LogP contribution in [0, 0.1) is 5.92 Å². The molecule has 0 N–H and O–H groups in total. The van der Waals surface area contributed by atoms with Crippen molar-refractivity contribution in [2.75, 3.05) is 0 Å². The lowest BCUT2D eigenvalue weighted by atomic mass is 10.0. The van der Waals surface area contributed by atoms with E-state index in [-0.39, 0.29) is 5.38 Å². The summed E-state index contributed by atoms with van der Waals surface area (Å²) in [5, 5.41) is 0.808. The molecule has 0 spiro atoms. The van der Waals surface area contributed by atoms with Gasteiger partial charge in [-0.05, 0) is 51.9 Å². The zero-order valence-corrected chi connectivity index (χ0v) is 13.4. The highest BCUT2D eigenvalue weighted by Gasteiger charge is 2.29. The van der Waals surface area contributed by atoms with Crippen molar-refractivity contribution in [1.29, 1.82) is 0 Å². The number of halogens is 3. The van der Waals surface area contributed by atoms with Crippen molar-refractivity contribution in [3.05, 3.63) is 55.1 Å². The normalized spacial score (nSPS) is 16.8. The van der Waals surface area contributed by atoms with Crippen LogP contribution in [0.4, 0.5) is 0 Å². The fourth-order valence-corrected chi connectivity index (χ4v) is 4.72. The van der Waals surface area contributed by atoms with Crippen molar-refractivity contribution in [3.8, 4) is 0 Å². The van der Waals surface area contributed by atoms with Crippen LogP contribution in [0.2, 0.25) is 5.02 Å².